The minimum atomic E-state index is -3.92. The van der Waals surface area contributed by atoms with Gasteiger partial charge in [0.05, 0.1) is 30.1 Å². The zero-order valence-electron chi connectivity index (χ0n) is 10.0. The normalized spacial score (nSPS) is 22.9. The van der Waals surface area contributed by atoms with Crippen LogP contribution in [0.3, 0.4) is 0 Å². The summed E-state index contributed by atoms with van der Waals surface area (Å²) in [5.41, 5.74) is 0. The lowest BCUT2D eigenvalue weighted by Gasteiger charge is -2.16. The molecule has 1 aliphatic heterocycles. The lowest BCUT2D eigenvalue weighted by molar-refractivity contribution is -0.142. The Morgan fingerprint density at radius 1 is 1.25 bits per heavy atom. The fraction of sp³-hybridized carbons (Fsp3) is 0.364. The highest BCUT2D eigenvalue weighted by Crippen LogP contribution is 2.23. The summed E-state index contributed by atoms with van der Waals surface area (Å²) in [6, 6.07) is 3.05. The van der Waals surface area contributed by atoms with Crippen molar-refractivity contribution in [3.63, 3.8) is 0 Å². The Morgan fingerprint density at radius 3 is 2.40 bits per heavy atom. The number of rotatable bonds is 4. The standard InChI is InChI=1S/C11H11Cl2NO5S/c12-6-1-7(13)3-8(2-6)20(17,18)14-10-5-19-4-9(10)11(15)16/h1-3,9-10,14H,4-5H2,(H,15,16). The van der Waals surface area contributed by atoms with Crippen LogP contribution in [0.2, 0.25) is 10.0 Å². The molecule has 2 N–H and O–H groups in total. The van der Waals surface area contributed by atoms with E-state index in [4.69, 9.17) is 33.0 Å². The van der Waals surface area contributed by atoms with E-state index in [1.54, 1.807) is 0 Å². The third-order valence-electron chi connectivity index (χ3n) is 2.85. The highest BCUT2D eigenvalue weighted by molar-refractivity contribution is 7.89. The number of aliphatic carboxylic acids is 1. The van der Waals surface area contributed by atoms with E-state index in [0.717, 1.165) is 0 Å². The van der Waals surface area contributed by atoms with Gasteiger partial charge in [-0.3, -0.25) is 4.79 Å². The summed E-state index contributed by atoms with van der Waals surface area (Å²) >= 11 is 11.5. The van der Waals surface area contributed by atoms with Crippen LogP contribution in [0.1, 0.15) is 0 Å². The van der Waals surface area contributed by atoms with Crippen molar-refractivity contribution in [3.8, 4) is 0 Å². The largest absolute Gasteiger partial charge is 0.481 e. The summed E-state index contributed by atoms with van der Waals surface area (Å²) in [5, 5.41) is 9.33. The van der Waals surface area contributed by atoms with E-state index in [1.807, 2.05) is 0 Å². The topological polar surface area (TPSA) is 92.7 Å². The van der Waals surface area contributed by atoms with Gasteiger partial charge in [-0.25, -0.2) is 13.1 Å². The van der Waals surface area contributed by atoms with Gasteiger partial charge in [0.2, 0.25) is 10.0 Å². The zero-order chi connectivity index (χ0) is 14.9. The van der Waals surface area contributed by atoms with Crippen LogP contribution in [0, 0.1) is 5.92 Å². The molecule has 1 saturated heterocycles. The molecule has 0 saturated carbocycles. The Kier molecular flexibility index (Phi) is 4.55. The fourth-order valence-corrected chi connectivity index (χ4v) is 3.85. The SMILES string of the molecule is O=C(O)C1COCC1NS(=O)(=O)c1cc(Cl)cc(Cl)c1. The average Bonchev–Trinajstić information content (AvgIpc) is 2.75. The molecule has 1 aliphatic rings. The Balaban J connectivity index is 2.25. The number of benzene rings is 1. The molecule has 1 heterocycles. The van der Waals surface area contributed by atoms with Gasteiger partial charge < -0.3 is 9.84 Å². The summed E-state index contributed by atoms with van der Waals surface area (Å²) in [5.74, 6) is -2.03. The summed E-state index contributed by atoms with van der Waals surface area (Å²) in [4.78, 5) is 10.9. The molecule has 0 amide bonds. The van der Waals surface area contributed by atoms with Crippen molar-refractivity contribution in [1.82, 2.24) is 4.72 Å². The summed E-state index contributed by atoms with van der Waals surface area (Å²) in [7, 11) is -3.92. The third-order valence-corrected chi connectivity index (χ3v) is 4.76. The van der Waals surface area contributed by atoms with Crippen LogP contribution >= 0.6 is 23.2 Å². The van der Waals surface area contributed by atoms with Crippen LogP contribution < -0.4 is 4.72 Å². The van der Waals surface area contributed by atoms with Crippen molar-refractivity contribution in [2.45, 2.75) is 10.9 Å². The van der Waals surface area contributed by atoms with E-state index in [0.29, 0.717) is 0 Å². The first kappa shape index (κ1) is 15.5. The first-order valence-electron chi connectivity index (χ1n) is 5.58. The molecule has 110 valence electrons. The number of nitrogens with one attached hydrogen (secondary N) is 1. The molecule has 6 nitrogen and oxygen atoms in total. The van der Waals surface area contributed by atoms with Gasteiger partial charge >= 0.3 is 5.97 Å². The molecule has 0 aromatic heterocycles. The van der Waals surface area contributed by atoms with E-state index >= 15 is 0 Å². The Morgan fingerprint density at radius 2 is 1.85 bits per heavy atom. The van der Waals surface area contributed by atoms with Gasteiger partial charge in [-0.05, 0) is 18.2 Å². The van der Waals surface area contributed by atoms with E-state index in [2.05, 4.69) is 4.72 Å². The molecule has 1 fully saturated rings. The lowest BCUT2D eigenvalue weighted by Crippen LogP contribution is -2.42. The predicted molar refractivity (Wildman–Crippen MR) is 72.5 cm³/mol. The Bertz CT molecular complexity index is 613. The Labute approximate surface area is 125 Å². The molecule has 20 heavy (non-hydrogen) atoms. The molecule has 1 aromatic carbocycles. The number of carboxylic acids is 1. The average molecular weight is 340 g/mol. The van der Waals surface area contributed by atoms with Crippen molar-refractivity contribution in [2.24, 2.45) is 5.92 Å². The van der Waals surface area contributed by atoms with Crippen molar-refractivity contribution in [2.75, 3.05) is 13.2 Å². The second-order valence-electron chi connectivity index (χ2n) is 4.32. The minimum Gasteiger partial charge on any atom is -0.481 e. The molecule has 1 aromatic rings. The van der Waals surface area contributed by atoms with Crippen LogP contribution in [0.5, 0.6) is 0 Å². The molecule has 0 radical (unpaired) electrons. The maximum absolute atomic E-state index is 12.2. The molecule has 0 aliphatic carbocycles. The van der Waals surface area contributed by atoms with Crippen molar-refractivity contribution < 1.29 is 23.1 Å². The van der Waals surface area contributed by atoms with E-state index in [9.17, 15) is 13.2 Å². The maximum Gasteiger partial charge on any atom is 0.310 e. The van der Waals surface area contributed by atoms with Crippen LogP contribution in [0.4, 0.5) is 0 Å². The highest BCUT2D eigenvalue weighted by atomic mass is 35.5. The van der Waals surface area contributed by atoms with Crippen molar-refractivity contribution in [1.29, 1.82) is 0 Å². The Hall–Kier alpha value is -0.860. The van der Waals surface area contributed by atoms with Gasteiger partial charge in [-0.1, -0.05) is 23.2 Å². The van der Waals surface area contributed by atoms with E-state index in [-0.39, 0.29) is 28.2 Å². The number of hydrogen-bond donors (Lipinski definition) is 2. The first-order valence-corrected chi connectivity index (χ1v) is 7.82. The molecular formula is C11H11Cl2NO5S. The van der Waals surface area contributed by atoms with Crippen LogP contribution in [-0.4, -0.2) is 38.7 Å². The molecule has 9 heteroatoms. The maximum atomic E-state index is 12.2. The zero-order valence-corrected chi connectivity index (χ0v) is 12.4. The van der Waals surface area contributed by atoms with Crippen molar-refractivity contribution >= 4 is 39.2 Å². The van der Waals surface area contributed by atoms with Gasteiger partial charge in [0.1, 0.15) is 0 Å². The molecule has 2 rings (SSSR count). The van der Waals surface area contributed by atoms with E-state index < -0.39 is 28.0 Å². The number of carbonyl (C=O) groups is 1. The number of halogens is 2. The second kappa shape index (κ2) is 5.87. The number of hydrogen-bond acceptors (Lipinski definition) is 4. The lowest BCUT2D eigenvalue weighted by atomic mass is 10.1. The molecule has 2 unspecified atom stereocenters. The monoisotopic (exact) mass is 339 g/mol. The van der Waals surface area contributed by atoms with Gasteiger partial charge in [0.25, 0.3) is 0 Å². The van der Waals surface area contributed by atoms with Crippen LogP contribution in [-0.2, 0) is 19.6 Å². The van der Waals surface area contributed by atoms with Gasteiger partial charge in [-0.2, -0.15) is 0 Å². The second-order valence-corrected chi connectivity index (χ2v) is 6.90. The number of ether oxygens (including phenoxy) is 1. The third kappa shape index (κ3) is 3.42. The van der Waals surface area contributed by atoms with Crippen LogP contribution in [0.25, 0.3) is 0 Å². The molecule has 0 bridgehead atoms. The van der Waals surface area contributed by atoms with Crippen molar-refractivity contribution in [3.05, 3.63) is 28.2 Å². The van der Waals surface area contributed by atoms with Crippen LogP contribution in [0.15, 0.2) is 23.1 Å². The fourth-order valence-electron chi connectivity index (χ4n) is 1.86. The summed E-state index contributed by atoms with van der Waals surface area (Å²) in [6.07, 6.45) is 0. The summed E-state index contributed by atoms with van der Waals surface area (Å²) < 4.78 is 31.7. The summed E-state index contributed by atoms with van der Waals surface area (Å²) in [6.45, 7) is -0.0245. The van der Waals surface area contributed by atoms with Gasteiger partial charge in [0, 0.05) is 10.0 Å². The number of sulfonamides is 1. The predicted octanol–water partition coefficient (Wildman–Crippen LogP) is 1.37. The van der Waals surface area contributed by atoms with E-state index in [1.165, 1.54) is 18.2 Å². The number of carboxylic acid groups (broad SMARTS) is 1. The highest BCUT2D eigenvalue weighted by Gasteiger charge is 2.37. The van der Waals surface area contributed by atoms with Gasteiger partial charge in [-0.15, -0.1) is 0 Å². The minimum absolute atomic E-state index is 0.00446. The smallest absolute Gasteiger partial charge is 0.310 e. The molecule has 0 spiro atoms. The molecular weight excluding hydrogens is 329 g/mol. The quantitative estimate of drug-likeness (QED) is 0.864. The molecule has 2 atom stereocenters. The first-order chi connectivity index (χ1) is 9.29. The van der Waals surface area contributed by atoms with Gasteiger partial charge in [0.15, 0.2) is 0 Å².